The van der Waals surface area contributed by atoms with Gasteiger partial charge in [0.25, 0.3) is 0 Å². The monoisotopic (exact) mass is 614 g/mol. The third-order valence-electron chi connectivity index (χ3n) is 8.26. The lowest BCUT2D eigenvalue weighted by Gasteiger charge is -2.37. The third kappa shape index (κ3) is 7.54. The molecule has 0 radical (unpaired) electrons. The number of rotatable bonds is 10. The highest BCUT2D eigenvalue weighted by atomic mass is 19.4. The normalized spacial score (nSPS) is 14.6. The van der Waals surface area contributed by atoms with E-state index >= 15 is 0 Å². The Bertz CT molecular complexity index is 1600. The Hall–Kier alpha value is -4.63. The molecule has 1 unspecified atom stereocenters. The first-order valence-electron chi connectivity index (χ1n) is 15.2. The van der Waals surface area contributed by atoms with Gasteiger partial charge in [-0.2, -0.15) is 13.2 Å². The average Bonchev–Trinajstić information content (AvgIpc) is 3.06. The number of benzene rings is 4. The summed E-state index contributed by atoms with van der Waals surface area (Å²) in [5, 5.41) is 3.06. The van der Waals surface area contributed by atoms with Gasteiger partial charge in [0, 0.05) is 45.0 Å². The van der Waals surface area contributed by atoms with E-state index in [1.165, 1.54) is 12.1 Å². The number of alkyl halides is 3. The minimum Gasteiger partial charge on any atom is -0.369 e. The van der Waals surface area contributed by atoms with Crippen LogP contribution in [0.15, 0.2) is 97.1 Å². The van der Waals surface area contributed by atoms with Gasteiger partial charge in [0.15, 0.2) is 0 Å². The van der Waals surface area contributed by atoms with Gasteiger partial charge in [-0.05, 0) is 58.5 Å². The molecule has 1 saturated heterocycles. The number of piperazine rings is 1. The van der Waals surface area contributed by atoms with Crippen molar-refractivity contribution in [1.82, 2.24) is 10.2 Å². The fourth-order valence-electron chi connectivity index (χ4n) is 5.83. The lowest BCUT2D eigenvalue weighted by atomic mass is 9.91. The molecular formula is C36H37F3N4O2. The molecule has 1 heterocycles. The highest BCUT2D eigenvalue weighted by molar-refractivity contribution is 6.06. The highest BCUT2D eigenvalue weighted by Gasteiger charge is 2.30. The van der Waals surface area contributed by atoms with E-state index < -0.39 is 17.6 Å². The SMILES string of the molecule is CCCNC(=O)C(CN1CCN(c2ccc(-c3cccc(-c4ccc(C(F)(F)F)cc4)c3C(N)=O)cc2)CC1)c1ccccc1. The lowest BCUT2D eigenvalue weighted by molar-refractivity contribution is -0.137. The fourth-order valence-corrected chi connectivity index (χ4v) is 5.83. The van der Waals surface area contributed by atoms with Gasteiger partial charge < -0.3 is 16.0 Å². The number of anilines is 1. The molecule has 1 aliphatic heterocycles. The van der Waals surface area contributed by atoms with E-state index in [0.29, 0.717) is 29.8 Å². The minimum atomic E-state index is -4.45. The molecule has 3 N–H and O–H groups in total. The predicted octanol–water partition coefficient (Wildman–Crippen LogP) is 6.57. The molecule has 0 bridgehead atoms. The number of carbonyl (C=O) groups is 2. The summed E-state index contributed by atoms with van der Waals surface area (Å²) < 4.78 is 39.3. The standard InChI is InChI=1S/C36H37F3N4O2/c1-2-19-41-35(45)32(25-7-4-3-5-8-25)24-42-20-22-43(23-21-42)29-17-13-27(14-18-29)31-10-6-9-30(33(31)34(40)44)26-11-15-28(16-12-26)36(37,38)39/h3-18,32H,2,19-24H2,1H3,(H2,40,44)(H,41,45). The molecule has 1 fully saturated rings. The van der Waals surface area contributed by atoms with E-state index in [2.05, 4.69) is 15.1 Å². The molecule has 6 nitrogen and oxygen atoms in total. The molecule has 9 heteroatoms. The second-order valence-corrected chi connectivity index (χ2v) is 11.3. The van der Waals surface area contributed by atoms with Crippen LogP contribution in [0.3, 0.4) is 0 Å². The van der Waals surface area contributed by atoms with Crippen LogP contribution >= 0.6 is 0 Å². The van der Waals surface area contributed by atoms with Crippen molar-refractivity contribution in [3.63, 3.8) is 0 Å². The van der Waals surface area contributed by atoms with Crippen molar-refractivity contribution >= 4 is 17.5 Å². The van der Waals surface area contributed by atoms with E-state index in [9.17, 15) is 22.8 Å². The summed E-state index contributed by atoms with van der Waals surface area (Å²) in [6, 6.07) is 27.8. The maximum Gasteiger partial charge on any atom is 0.416 e. The van der Waals surface area contributed by atoms with E-state index in [4.69, 9.17) is 5.73 Å². The summed E-state index contributed by atoms with van der Waals surface area (Å²) in [6.45, 7) is 6.57. The summed E-state index contributed by atoms with van der Waals surface area (Å²) in [6.07, 6.45) is -3.56. The van der Waals surface area contributed by atoms with Gasteiger partial charge in [-0.15, -0.1) is 0 Å². The zero-order chi connectivity index (χ0) is 32.0. The van der Waals surface area contributed by atoms with Gasteiger partial charge in [0.2, 0.25) is 11.8 Å². The van der Waals surface area contributed by atoms with Crippen LogP contribution in [-0.4, -0.2) is 56.0 Å². The molecule has 0 saturated carbocycles. The quantitative estimate of drug-likeness (QED) is 0.212. The smallest absolute Gasteiger partial charge is 0.369 e. The molecule has 45 heavy (non-hydrogen) atoms. The topological polar surface area (TPSA) is 78.7 Å². The van der Waals surface area contributed by atoms with E-state index in [1.54, 1.807) is 18.2 Å². The Kier molecular flexibility index (Phi) is 9.88. The summed E-state index contributed by atoms with van der Waals surface area (Å²) >= 11 is 0. The van der Waals surface area contributed by atoms with Crippen molar-refractivity contribution in [3.05, 3.63) is 114 Å². The van der Waals surface area contributed by atoms with Crippen LogP contribution in [0, 0.1) is 0 Å². The Morgan fingerprint density at radius 3 is 1.91 bits per heavy atom. The Morgan fingerprint density at radius 1 is 0.800 bits per heavy atom. The van der Waals surface area contributed by atoms with E-state index in [1.807, 2.05) is 61.5 Å². The van der Waals surface area contributed by atoms with Crippen molar-refractivity contribution in [1.29, 1.82) is 0 Å². The number of hydrogen-bond donors (Lipinski definition) is 2. The largest absolute Gasteiger partial charge is 0.416 e. The van der Waals surface area contributed by atoms with Gasteiger partial charge >= 0.3 is 6.18 Å². The number of halogens is 3. The zero-order valence-electron chi connectivity index (χ0n) is 25.2. The second-order valence-electron chi connectivity index (χ2n) is 11.3. The summed E-state index contributed by atoms with van der Waals surface area (Å²) in [4.78, 5) is 30.3. The molecule has 234 valence electrons. The van der Waals surface area contributed by atoms with Crippen LogP contribution in [0.25, 0.3) is 22.3 Å². The maximum atomic E-state index is 13.1. The van der Waals surface area contributed by atoms with Crippen molar-refractivity contribution in [2.45, 2.75) is 25.4 Å². The third-order valence-corrected chi connectivity index (χ3v) is 8.26. The first-order chi connectivity index (χ1) is 21.7. The summed E-state index contributed by atoms with van der Waals surface area (Å²) in [7, 11) is 0. The van der Waals surface area contributed by atoms with Crippen molar-refractivity contribution in [3.8, 4) is 22.3 Å². The number of nitrogens with zero attached hydrogens (tertiary/aromatic N) is 2. The number of hydrogen-bond acceptors (Lipinski definition) is 4. The van der Waals surface area contributed by atoms with E-state index in [0.717, 1.165) is 61.5 Å². The Morgan fingerprint density at radius 2 is 1.38 bits per heavy atom. The van der Waals surface area contributed by atoms with Crippen LogP contribution < -0.4 is 16.0 Å². The summed E-state index contributed by atoms with van der Waals surface area (Å²) in [5.74, 6) is -0.835. The molecule has 5 rings (SSSR count). The molecular weight excluding hydrogens is 577 g/mol. The first-order valence-corrected chi connectivity index (χ1v) is 15.2. The number of primary amides is 1. The van der Waals surface area contributed by atoms with Crippen molar-refractivity contribution < 1.29 is 22.8 Å². The molecule has 1 atom stereocenters. The van der Waals surface area contributed by atoms with Crippen LogP contribution in [0.2, 0.25) is 0 Å². The van der Waals surface area contributed by atoms with Crippen molar-refractivity contribution in [2.75, 3.05) is 44.2 Å². The Balaban J connectivity index is 1.29. The molecule has 4 aromatic carbocycles. The van der Waals surface area contributed by atoms with Crippen molar-refractivity contribution in [2.24, 2.45) is 5.73 Å². The zero-order valence-corrected chi connectivity index (χ0v) is 25.2. The van der Waals surface area contributed by atoms with E-state index in [-0.39, 0.29) is 17.4 Å². The van der Waals surface area contributed by atoms with Crippen LogP contribution in [-0.2, 0) is 11.0 Å². The van der Waals surface area contributed by atoms with Gasteiger partial charge in [-0.25, -0.2) is 0 Å². The molecule has 0 aliphatic carbocycles. The predicted molar refractivity (Wildman–Crippen MR) is 172 cm³/mol. The maximum absolute atomic E-state index is 13.1. The number of carbonyl (C=O) groups excluding carboxylic acids is 2. The molecule has 4 aromatic rings. The minimum absolute atomic E-state index is 0.0544. The second kappa shape index (κ2) is 14.0. The Labute approximate surface area is 261 Å². The molecule has 2 amide bonds. The van der Waals surface area contributed by atoms with Crippen LogP contribution in [0.1, 0.15) is 40.7 Å². The van der Waals surface area contributed by atoms with Gasteiger partial charge in [0.1, 0.15) is 0 Å². The fraction of sp³-hybridized carbons (Fsp3) is 0.278. The summed E-state index contributed by atoms with van der Waals surface area (Å²) in [5.41, 5.74) is 9.72. The van der Waals surface area contributed by atoms with Crippen LogP contribution in [0.4, 0.5) is 18.9 Å². The molecule has 0 aromatic heterocycles. The van der Waals surface area contributed by atoms with Gasteiger partial charge in [-0.1, -0.05) is 79.7 Å². The molecule has 0 spiro atoms. The number of nitrogens with one attached hydrogen (secondary N) is 1. The first kappa shape index (κ1) is 31.8. The van der Waals surface area contributed by atoms with Crippen LogP contribution in [0.5, 0.6) is 0 Å². The highest BCUT2D eigenvalue weighted by Crippen LogP contribution is 2.35. The average molecular weight is 615 g/mol. The number of amides is 2. The van der Waals surface area contributed by atoms with Gasteiger partial charge in [-0.3, -0.25) is 14.5 Å². The van der Waals surface area contributed by atoms with Gasteiger partial charge in [0.05, 0.1) is 17.0 Å². The molecule has 1 aliphatic rings. The lowest BCUT2D eigenvalue weighted by Crippen LogP contribution is -2.49. The number of nitrogens with two attached hydrogens (primary N) is 1.